The van der Waals surface area contributed by atoms with Gasteiger partial charge in [-0.2, -0.15) is 0 Å². The summed E-state index contributed by atoms with van der Waals surface area (Å²) in [7, 11) is 1.14. The fourth-order valence-corrected chi connectivity index (χ4v) is 1.87. The maximum Gasteiger partial charge on any atom is 0.337 e. The van der Waals surface area contributed by atoms with Crippen LogP contribution >= 0.6 is 0 Å². The number of fused-ring (bicyclic) bond motifs is 1. The van der Waals surface area contributed by atoms with E-state index in [-0.39, 0.29) is 5.75 Å². The van der Waals surface area contributed by atoms with Gasteiger partial charge in [0, 0.05) is 0 Å². The highest BCUT2D eigenvalue weighted by Gasteiger charge is 2.26. The van der Waals surface area contributed by atoms with Crippen LogP contribution in [-0.2, 0) is 9.53 Å². The zero-order valence-electron chi connectivity index (χ0n) is 10.3. The summed E-state index contributed by atoms with van der Waals surface area (Å²) < 4.78 is 4.37. The second-order valence-electron chi connectivity index (χ2n) is 4.20. The molecule has 100 valence electrons. The minimum Gasteiger partial charge on any atom is -0.508 e. The van der Waals surface area contributed by atoms with Crippen LogP contribution in [0.25, 0.3) is 10.8 Å². The maximum absolute atomic E-state index is 11.2. The zero-order chi connectivity index (χ0) is 14.0. The molecule has 0 saturated carbocycles. The predicted molar refractivity (Wildman–Crippen MR) is 68.6 cm³/mol. The summed E-state index contributed by atoms with van der Waals surface area (Å²) in [6, 6.07) is 9.77. The number of aliphatic hydroxyl groups excluding tert-OH is 2. The van der Waals surface area contributed by atoms with Crippen LogP contribution < -0.4 is 0 Å². The van der Waals surface area contributed by atoms with Gasteiger partial charge in [0.05, 0.1) is 7.11 Å². The number of ether oxygens (including phenoxy) is 1. The second-order valence-corrected chi connectivity index (χ2v) is 4.20. The lowest BCUT2D eigenvalue weighted by Gasteiger charge is -2.16. The molecule has 3 N–H and O–H groups in total. The van der Waals surface area contributed by atoms with Crippen LogP contribution in [0.3, 0.4) is 0 Å². The molecule has 2 unspecified atom stereocenters. The molecule has 5 nitrogen and oxygen atoms in total. The number of hydrogen-bond acceptors (Lipinski definition) is 5. The first-order chi connectivity index (χ1) is 9.02. The summed E-state index contributed by atoms with van der Waals surface area (Å²) in [5.74, 6) is -0.795. The van der Waals surface area contributed by atoms with Gasteiger partial charge in [-0.3, -0.25) is 0 Å². The quantitative estimate of drug-likeness (QED) is 0.721. The summed E-state index contributed by atoms with van der Waals surface area (Å²) in [4.78, 5) is 11.2. The zero-order valence-corrected chi connectivity index (χ0v) is 10.3. The van der Waals surface area contributed by atoms with Gasteiger partial charge in [-0.1, -0.05) is 18.2 Å². The van der Waals surface area contributed by atoms with Crippen molar-refractivity contribution in [2.24, 2.45) is 0 Å². The number of hydrogen-bond donors (Lipinski definition) is 3. The van der Waals surface area contributed by atoms with Crippen LogP contribution in [0.1, 0.15) is 11.7 Å². The number of methoxy groups -OCH3 is 1. The summed E-state index contributed by atoms with van der Waals surface area (Å²) in [6.07, 6.45) is -3.01. The molecule has 0 amide bonds. The predicted octanol–water partition coefficient (Wildman–Crippen LogP) is 1.11. The molecule has 2 aromatic carbocycles. The Morgan fingerprint density at radius 3 is 2.47 bits per heavy atom. The minimum absolute atomic E-state index is 0.104. The van der Waals surface area contributed by atoms with E-state index in [1.807, 2.05) is 0 Å². The van der Waals surface area contributed by atoms with Crippen molar-refractivity contribution in [1.82, 2.24) is 0 Å². The Balaban J connectivity index is 2.37. The SMILES string of the molecule is COC(=O)C(O)C(O)c1ccc2ccc(O)cc2c1. The molecule has 19 heavy (non-hydrogen) atoms. The number of rotatable bonds is 3. The molecule has 0 radical (unpaired) electrons. The molecular weight excluding hydrogens is 248 g/mol. The molecule has 0 heterocycles. The summed E-state index contributed by atoms with van der Waals surface area (Å²) in [6.45, 7) is 0. The van der Waals surface area contributed by atoms with Gasteiger partial charge < -0.3 is 20.1 Å². The van der Waals surface area contributed by atoms with Gasteiger partial charge >= 0.3 is 5.97 Å². The number of carbonyl (C=O) groups excluding carboxylic acids is 1. The van der Waals surface area contributed by atoms with Crippen LogP contribution in [0.5, 0.6) is 5.75 Å². The fourth-order valence-electron chi connectivity index (χ4n) is 1.87. The highest BCUT2D eigenvalue weighted by Crippen LogP contribution is 2.25. The van der Waals surface area contributed by atoms with Crippen molar-refractivity contribution in [3.63, 3.8) is 0 Å². The Kier molecular flexibility index (Phi) is 3.69. The molecule has 2 atom stereocenters. The van der Waals surface area contributed by atoms with Gasteiger partial charge in [-0.15, -0.1) is 0 Å². The van der Waals surface area contributed by atoms with E-state index in [9.17, 15) is 20.1 Å². The van der Waals surface area contributed by atoms with E-state index in [2.05, 4.69) is 4.74 Å². The molecule has 2 aromatic rings. The number of phenols is 1. The van der Waals surface area contributed by atoms with Crippen LogP contribution in [0.15, 0.2) is 36.4 Å². The first-order valence-electron chi connectivity index (χ1n) is 5.69. The van der Waals surface area contributed by atoms with Crippen LogP contribution in [-0.4, -0.2) is 34.5 Å². The molecule has 0 fully saturated rings. The van der Waals surface area contributed by atoms with E-state index in [4.69, 9.17) is 0 Å². The second kappa shape index (κ2) is 5.26. The monoisotopic (exact) mass is 262 g/mol. The highest BCUT2D eigenvalue weighted by molar-refractivity contribution is 5.85. The van der Waals surface area contributed by atoms with E-state index in [0.717, 1.165) is 12.5 Å². The Hall–Kier alpha value is -2.11. The Labute approximate surface area is 109 Å². The Morgan fingerprint density at radius 1 is 1.11 bits per heavy atom. The largest absolute Gasteiger partial charge is 0.508 e. The summed E-state index contributed by atoms with van der Waals surface area (Å²) in [5.41, 5.74) is 0.371. The molecule has 5 heteroatoms. The number of benzene rings is 2. The third kappa shape index (κ3) is 2.67. The van der Waals surface area contributed by atoms with Crippen molar-refractivity contribution in [2.45, 2.75) is 12.2 Å². The lowest BCUT2D eigenvalue weighted by atomic mass is 10.0. The Bertz CT molecular complexity index is 608. The van der Waals surface area contributed by atoms with Gasteiger partial charge in [0.1, 0.15) is 11.9 Å². The van der Waals surface area contributed by atoms with E-state index >= 15 is 0 Å². The number of aliphatic hydroxyl groups is 2. The minimum atomic E-state index is -1.64. The van der Waals surface area contributed by atoms with Crippen molar-refractivity contribution in [3.8, 4) is 5.75 Å². The van der Waals surface area contributed by atoms with Gasteiger partial charge in [0.2, 0.25) is 0 Å². The van der Waals surface area contributed by atoms with Gasteiger partial charge in [0.15, 0.2) is 6.10 Å². The molecule has 0 aromatic heterocycles. The van der Waals surface area contributed by atoms with Crippen LogP contribution in [0, 0.1) is 0 Å². The van der Waals surface area contributed by atoms with Crippen molar-refractivity contribution >= 4 is 16.7 Å². The van der Waals surface area contributed by atoms with E-state index < -0.39 is 18.2 Å². The van der Waals surface area contributed by atoms with Crippen molar-refractivity contribution < 1.29 is 24.9 Å². The molecule has 0 spiro atoms. The molecule has 2 rings (SSSR count). The van der Waals surface area contributed by atoms with Gasteiger partial charge in [0.25, 0.3) is 0 Å². The molecule has 0 saturated heterocycles. The lowest BCUT2D eigenvalue weighted by molar-refractivity contribution is -0.156. The normalized spacial score (nSPS) is 14.1. The van der Waals surface area contributed by atoms with E-state index in [1.165, 1.54) is 6.07 Å². The molecule has 0 aliphatic carbocycles. The van der Waals surface area contributed by atoms with Crippen molar-refractivity contribution in [1.29, 1.82) is 0 Å². The van der Waals surface area contributed by atoms with Gasteiger partial charge in [-0.25, -0.2) is 4.79 Å². The standard InChI is InChI=1S/C14H14O5/c1-19-14(18)13(17)12(16)9-3-2-8-4-5-11(15)7-10(8)6-9/h2-7,12-13,15-17H,1H3. The number of carbonyl (C=O) groups is 1. The van der Waals surface area contributed by atoms with E-state index in [0.29, 0.717) is 10.9 Å². The number of aromatic hydroxyl groups is 1. The molecule has 0 aliphatic heterocycles. The molecule has 0 aliphatic rings. The van der Waals surface area contributed by atoms with Gasteiger partial charge in [-0.05, 0) is 34.5 Å². The van der Waals surface area contributed by atoms with Crippen LogP contribution in [0.2, 0.25) is 0 Å². The smallest absolute Gasteiger partial charge is 0.337 e. The van der Waals surface area contributed by atoms with Crippen molar-refractivity contribution in [3.05, 3.63) is 42.0 Å². The third-order valence-electron chi connectivity index (χ3n) is 2.93. The maximum atomic E-state index is 11.2. The first-order valence-corrected chi connectivity index (χ1v) is 5.69. The van der Waals surface area contributed by atoms with Crippen molar-refractivity contribution in [2.75, 3.05) is 7.11 Å². The number of phenolic OH excluding ortho intramolecular Hbond substituents is 1. The molecular formula is C14H14O5. The first kappa shape index (κ1) is 13.3. The average Bonchev–Trinajstić information content (AvgIpc) is 2.43. The fraction of sp³-hybridized carbons (Fsp3) is 0.214. The lowest BCUT2D eigenvalue weighted by Crippen LogP contribution is -2.28. The highest BCUT2D eigenvalue weighted by atomic mass is 16.5. The van der Waals surface area contributed by atoms with E-state index in [1.54, 1.807) is 30.3 Å². The molecule has 0 bridgehead atoms. The topological polar surface area (TPSA) is 87.0 Å². The average molecular weight is 262 g/mol. The summed E-state index contributed by atoms with van der Waals surface area (Å²) in [5, 5.41) is 30.5. The third-order valence-corrected chi connectivity index (χ3v) is 2.93. The Morgan fingerprint density at radius 2 is 1.79 bits per heavy atom. The van der Waals surface area contributed by atoms with Crippen LogP contribution in [0.4, 0.5) is 0 Å². The summed E-state index contributed by atoms with van der Waals surface area (Å²) >= 11 is 0. The number of esters is 1.